The second-order valence-electron chi connectivity index (χ2n) is 10.1. The highest BCUT2D eigenvalue weighted by Gasteiger charge is 2.35. The molecule has 3 aromatic carbocycles. The van der Waals surface area contributed by atoms with Gasteiger partial charge in [0.15, 0.2) is 27.8 Å². The molecule has 0 radical (unpaired) electrons. The Morgan fingerprint density at radius 3 is 2.38 bits per heavy atom. The Balaban J connectivity index is 1.65. The average molecular weight is 725 g/mol. The lowest BCUT2D eigenvalue weighted by Gasteiger charge is -2.26. The number of para-hydroxylation sites is 1. The first-order valence-electron chi connectivity index (χ1n) is 14.3. The number of non-ortho nitro benzene ring substituents is 1. The molecule has 4 aromatic rings. The highest BCUT2D eigenvalue weighted by molar-refractivity contribution is 9.10. The van der Waals surface area contributed by atoms with Crippen molar-refractivity contribution < 1.29 is 33.4 Å². The normalized spacial score (nSPS) is 14.3. The molecule has 0 N–H and O–H groups in total. The van der Waals surface area contributed by atoms with E-state index in [2.05, 4.69) is 20.9 Å². The first-order chi connectivity index (χ1) is 22.6. The SMILES string of the molecule is CCOC(=O)C1=C(C)N=c2s/c(=C\c3cccc(OC)c3OCc3ccc([N+](=O)[O-])cc3)c(=O)n2[C@@H]1c1cc(OC)c(OC)cc1Br. The largest absolute Gasteiger partial charge is 0.493 e. The van der Waals surface area contributed by atoms with Crippen molar-refractivity contribution in [1.82, 2.24) is 4.57 Å². The van der Waals surface area contributed by atoms with Crippen molar-refractivity contribution in [3.63, 3.8) is 0 Å². The molecule has 2 heterocycles. The number of allylic oxidation sites excluding steroid dienone is 1. The van der Waals surface area contributed by atoms with Crippen LogP contribution in [0.1, 0.15) is 36.6 Å². The maximum absolute atomic E-state index is 14.3. The van der Waals surface area contributed by atoms with Crippen LogP contribution in [0.15, 0.2) is 80.1 Å². The first-order valence-corrected chi connectivity index (χ1v) is 15.9. The van der Waals surface area contributed by atoms with Crippen molar-refractivity contribution in [3.8, 4) is 23.0 Å². The molecular weight excluding hydrogens is 694 g/mol. The van der Waals surface area contributed by atoms with E-state index in [1.807, 2.05) is 0 Å². The number of carbonyl (C=O) groups excluding carboxylic acids is 1. The van der Waals surface area contributed by atoms with Gasteiger partial charge in [0.1, 0.15) is 6.61 Å². The predicted molar refractivity (Wildman–Crippen MR) is 178 cm³/mol. The Kier molecular flexibility index (Phi) is 10.1. The molecule has 0 aliphatic carbocycles. The van der Waals surface area contributed by atoms with E-state index >= 15 is 0 Å². The van der Waals surface area contributed by atoms with Gasteiger partial charge in [0, 0.05) is 22.2 Å². The maximum Gasteiger partial charge on any atom is 0.338 e. The molecule has 1 aromatic heterocycles. The number of nitrogens with zero attached hydrogens (tertiary/aromatic N) is 3. The Hall–Kier alpha value is -4.95. The van der Waals surface area contributed by atoms with Crippen LogP contribution in [0.4, 0.5) is 5.69 Å². The lowest BCUT2D eigenvalue weighted by Crippen LogP contribution is -2.40. The van der Waals surface area contributed by atoms with Crippen molar-refractivity contribution >= 4 is 45.0 Å². The number of benzene rings is 3. The third kappa shape index (κ3) is 6.65. The zero-order valence-electron chi connectivity index (χ0n) is 26.1. The third-order valence-electron chi connectivity index (χ3n) is 7.36. The molecule has 5 rings (SSSR count). The monoisotopic (exact) mass is 723 g/mol. The number of esters is 1. The number of hydrogen-bond donors (Lipinski definition) is 0. The van der Waals surface area contributed by atoms with Crippen LogP contribution in [-0.2, 0) is 16.1 Å². The summed E-state index contributed by atoms with van der Waals surface area (Å²) in [5.41, 5.74) is 2.04. The number of rotatable bonds is 11. The summed E-state index contributed by atoms with van der Waals surface area (Å²) in [5.74, 6) is 1.09. The van der Waals surface area contributed by atoms with Crippen LogP contribution in [0.2, 0.25) is 0 Å². The minimum absolute atomic E-state index is 0.0260. The minimum Gasteiger partial charge on any atom is -0.493 e. The maximum atomic E-state index is 14.3. The Morgan fingerprint density at radius 1 is 1.06 bits per heavy atom. The summed E-state index contributed by atoms with van der Waals surface area (Å²) in [6.45, 7) is 3.64. The predicted octanol–water partition coefficient (Wildman–Crippen LogP) is 5.07. The summed E-state index contributed by atoms with van der Waals surface area (Å²) in [4.78, 5) is 43.2. The van der Waals surface area contributed by atoms with Gasteiger partial charge in [-0.15, -0.1) is 0 Å². The molecule has 0 spiro atoms. The molecule has 1 aliphatic rings. The van der Waals surface area contributed by atoms with E-state index in [-0.39, 0.29) is 30.0 Å². The van der Waals surface area contributed by atoms with Gasteiger partial charge in [-0.3, -0.25) is 19.5 Å². The summed E-state index contributed by atoms with van der Waals surface area (Å²) in [5, 5.41) is 11.0. The number of carbonyl (C=O) groups is 1. The lowest BCUT2D eigenvalue weighted by atomic mass is 9.95. The van der Waals surface area contributed by atoms with E-state index in [1.54, 1.807) is 62.4 Å². The summed E-state index contributed by atoms with van der Waals surface area (Å²) in [6.07, 6.45) is 1.68. The number of fused-ring (bicyclic) bond motifs is 1. The van der Waals surface area contributed by atoms with Gasteiger partial charge in [-0.25, -0.2) is 9.79 Å². The smallest absolute Gasteiger partial charge is 0.338 e. The number of halogens is 1. The van der Waals surface area contributed by atoms with Crippen molar-refractivity contribution in [1.29, 1.82) is 0 Å². The molecule has 1 aliphatic heterocycles. The molecule has 12 nitrogen and oxygen atoms in total. The van der Waals surface area contributed by atoms with E-state index in [0.29, 0.717) is 59.2 Å². The van der Waals surface area contributed by atoms with Gasteiger partial charge < -0.3 is 23.7 Å². The highest BCUT2D eigenvalue weighted by Crippen LogP contribution is 2.41. The van der Waals surface area contributed by atoms with Crippen LogP contribution in [0.3, 0.4) is 0 Å². The average Bonchev–Trinajstić information content (AvgIpc) is 3.37. The van der Waals surface area contributed by atoms with Crippen LogP contribution in [0, 0.1) is 10.1 Å². The first kappa shape index (κ1) is 33.4. The molecule has 0 amide bonds. The Morgan fingerprint density at radius 2 is 1.74 bits per heavy atom. The van der Waals surface area contributed by atoms with Crippen LogP contribution in [0.25, 0.3) is 6.08 Å². The molecule has 0 saturated heterocycles. The van der Waals surface area contributed by atoms with Crippen LogP contribution in [0.5, 0.6) is 23.0 Å². The fraction of sp³-hybridized carbons (Fsp3) is 0.242. The zero-order valence-corrected chi connectivity index (χ0v) is 28.5. The summed E-state index contributed by atoms with van der Waals surface area (Å²) < 4.78 is 30.5. The number of hydrogen-bond acceptors (Lipinski definition) is 11. The minimum atomic E-state index is -0.898. The molecule has 0 bridgehead atoms. The molecule has 47 heavy (non-hydrogen) atoms. The third-order valence-corrected chi connectivity index (χ3v) is 9.03. The van der Waals surface area contributed by atoms with Gasteiger partial charge in [-0.1, -0.05) is 39.4 Å². The van der Waals surface area contributed by atoms with Gasteiger partial charge in [0.05, 0.1) is 54.7 Å². The van der Waals surface area contributed by atoms with Gasteiger partial charge in [0.2, 0.25) is 0 Å². The number of methoxy groups -OCH3 is 3. The molecule has 0 unspecified atom stereocenters. The summed E-state index contributed by atoms with van der Waals surface area (Å²) in [6, 6.07) is 13.9. The van der Waals surface area contributed by atoms with Crippen LogP contribution < -0.4 is 33.8 Å². The van der Waals surface area contributed by atoms with Crippen molar-refractivity contribution in [2.75, 3.05) is 27.9 Å². The van der Waals surface area contributed by atoms with E-state index in [1.165, 1.54) is 38.0 Å². The molecule has 14 heteroatoms. The number of nitro benzene ring substituents is 1. The van der Waals surface area contributed by atoms with Gasteiger partial charge in [-0.2, -0.15) is 0 Å². The second kappa shape index (κ2) is 14.2. The standard InChI is InChI=1S/C33H30BrN3O9S/c1-6-45-32(39)28-18(2)35-33-36(29(28)22-15-25(43-4)26(44-5)16-23(22)34)31(38)27(47-33)14-20-8-7-9-24(42-3)30(20)46-17-19-10-12-21(13-11-19)37(40)41/h7-16,29H,6,17H2,1-5H3/b27-14-/t29-/m1/s1. The summed E-state index contributed by atoms with van der Waals surface area (Å²) >= 11 is 4.77. The van der Waals surface area contributed by atoms with E-state index < -0.39 is 16.9 Å². The Bertz CT molecular complexity index is 2070. The molecular formula is C33H30BrN3O9S. The van der Waals surface area contributed by atoms with Crippen LogP contribution >= 0.6 is 27.3 Å². The van der Waals surface area contributed by atoms with Crippen molar-refractivity contribution in [2.45, 2.75) is 26.5 Å². The number of ether oxygens (including phenoxy) is 5. The summed E-state index contributed by atoms with van der Waals surface area (Å²) in [7, 11) is 4.53. The molecule has 0 saturated carbocycles. The Labute approximate surface area is 281 Å². The van der Waals surface area contributed by atoms with Crippen LogP contribution in [-0.4, -0.2) is 43.4 Å². The quantitative estimate of drug-likeness (QED) is 0.118. The van der Waals surface area contributed by atoms with Gasteiger partial charge in [-0.05, 0) is 61.4 Å². The van der Waals surface area contributed by atoms with Crippen molar-refractivity contribution in [2.24, 2.45) is 4.99 Å². The van der Waals surface area contributed by atoms with Gasteiger partial charge >= 0.3 is 5.97 Å². The van der Waals surface area contributed by atoms with E-state index in [4.69, 9.17) is 23.7 Å². The van der Waals surface area contributed by atoms with Gasteiger partial charge in [0.25, 0.3) is 11.2 Å². The lowest BCUT2D eigenvalue weighted by molar-refractivity contribution is -0.384. The fourth-order valence-corrected chi connectivity index (χ4v) is 6.71. The zero-order chi connectivity index (χ0) is 33.8. The fourth-order valence-electron chi connectivity index (χ4n) is 5.14. The highest BCUT2D eigenvalue weighted by atomic mass is 79.9. The number of nitro groups is 1. The second-order valence-corrected chi connectivity index (χ2v) is 12.0. The molecule has 0 fully saturated rings. The number of thiazole rings is 1. The topological polar surface area (TPSA) is 141 Å². The van der Waals surface area contributed by atoms with E-state index in [0.717, 1.165) is 11.3 Å². The molecule has 244 valence electrons. The van der Waals surface area contributed by atoms with Crippen molar-refractivity contribution in [3.05, 3.63) is 117 Å². The number of aromatic nitrogens is 1. The molecule has 1 atom stereocenters. The van der Waals surface area contributed by atoms with E-state index in [9.17, 15) is 19.7 Å².